The Labute approximate surface area is 99.6 Å². The van der Waals surface area contributed by atoms with Crippen molar-refractivity contribution in [3.05, 3.63) is 23.9 Å². The Balaban J connectivity index is 2.09. The van der Waals surface area contributed by atoms with Gasteiger partial charge in [0.15, 0.2) is 5.78 Å². The average molecular weight is 237 g/mol. The third-order valence-corrected chi connectivity index (χ3v) is 4.11. The number of pyridine rings is 1. The summed E-state index contributed by atoms with van der Waals surface area (Å²) in [5.41, 5.74) is 0.726. The summed E-state index contributed by atoms with van der Waals surface area (Å²) in [6, 6.07) is 3.61. The van der Waals surface area contributed by atoms with Crippen molar-refractivity contribution in [2.45, 2.75) is 36.6 Å². The molecule has 0 radical (unpaired) electrons. The highest BCUT2D eigenvalue weighted by Crippen LogP contribution is 2.31. The van der Waals surface area contributed by atoms with Gasteiger partial charge in [-0.1, -0.05) is 0 Å². The Morgan fingerprint density at radius 3 is 3.06 bits per heavy atom. The van der Waals surface area contributed by atoms with E-state index in [9.17, 15) is 4.79 Å². The molecule has 3 nitrogen and oxygen atoms in total. The highest BCUT2D eigenvalue weighted by Gasteiger charge is 2.25. The zero-order chi connectivity index (χ0) is 11.5. The topological polar surface area (TPSA) is 39.2 Å². The Morgan fingerprint density at radius 2 is 2.44 bits per heavy atom. The number of carbonyl (C=O) groups excluding carboxylic acids is 1. The summed E-state index contributed by atoms with van der Waals surface area (Å²) in [6.07, 6.45) is 3.02. The van der Waals surface area contributed by atoms with Gasteiger partial charge in [0.05, 0.1) is 11.1 Å². The number of ether oxygens (including phenoxy) is 1. The molecule has 0 N–H and O–H groups in total. The van der Waals surface area contributed by atoms with Gasteiger partial charge >= 0.3 is 0 Å². The molecule has 0 saturated carbocycles. The van der Waals surface area contributed by atoms with E-state index in [4.69, 9.17) is 4.74 Å². The smallest absolute Gasteiger partial charge is 0.159 e. The van der Waals surface area contributed by atoms with Crippen LogP contribution in [0.3, 0.4) is 0 Å². The Hall–Kier alpha value is -0.870. The summed E-state index contributed by atoms with van der Waals surface area (Å²) in [7, 11) is 0. The van der Waals surface area contributed by atoms with Gasteiger partial charge in [0, 0.05) is 23.6 Å². The van der Waals surface area contributed by atoms with Crippen molar-refractivity contribution < 1.29 is 9.53 Å². The lowest BCUT2D eigenvalue weighted by Crippen LogP contribution is -2.13. The molecule has 1 aliphatic rings. The second-order valence-corrected chi connectivity index (χ2v) is 5.22. The van der Waals surface area contributed by atoms with Crippen LogP contribution in [0.25, 0.3) is 0 Å². The van der Waals surface area contributed by atoms with Gasteiger partial charge in [0.1, 0.15) is 0 Å². The molecule has 4 heteroatoms. The molecule has 16 heavy (non-hydrogen) atoms. The fraction of sp³-hybridized carbons (Fsp3) is 0.500. The fourth-order valence-corrected chi connectivity index (χ4v) is 2.83. The lowest BCUT2D eigenvalue weighted by atomic mass is 10.2. The van der Waals surface area contributed by atoms with Crippen LogP contribution in [0.15, 0.2) is 23.4 Å². The first kappa shape index (κ1) is 11.6. The van der Waals surface area contributed by atoms with E-state index in [0.717, 1.165) is 23.6 Å². The number of rotatable bonds is 3. The molecule has 1 aromatic rings. The van der Waals surface area contributed by atoms with Crippen LogP contribution >= 0.6 is 11.8 Å². The minimum Gasteiger partial charge on any atom is -0.377 e. The van der Waals surface area contributed by atoms with Crippen LogP contribution in [0.2, 0.25) is 0 Å². The molecular weight excluding hydrogens is 222 g/mol. The van der Waals surface area contributed by atoms with Gasteiger partial charge in [-0.15, -0.1) is 11.8 Å². The van der Waals surface area contributed by atoms with Crippen molar-refractivity contribution >= 4 is 17.5 Å². The van der Waals surface area contributed by atoms with E-state index in [0.29, 0.717) is 5.25 Å². The van der Waals surface area contributed by atoms with Gasteiger partial charge in [0.2, 0.25) is 0 Å². The zero-order valence-electron chi connectivity index (χ0n) is 9.47. The Bertz CT molecular complexity index is 394. The second-order valence-electron chi connectivity index (χ2n) is 3.96. The number of hydrogen-bond acceptors (Lipinski definition) is 4. The van der Waals surface area contributed by atoms with Crippen molar-refractivity contribution in [1.29, 1.82) is 0 Å². The Kier molecular flexibility index (Phi) is 3.61. The monoisotopic (exact) mass is 237 g/mol. The SMILES string of the molecule is CC(=O)c1ccnc(SC2CCOC2C)c1. The summed E-state index contributed by atoms with van der Waals surface area (Å²) < 4.78 is 5.50. The van der Waals surface area contributed by atoms with Gasteiger partial charge in [-0.3, -0.25) is 4.79 Å². The van der Waals surface area contributed by atoms with Crippen LogP contribution in [0.4, 0.5) is 0 Å². The number of carbonyl (C=O) groups is 1. The summed E-state index contributed by atoms with van der Waals surface area (Å²) in [5, 5.41) is 1.37. The van der Waals surface area contributed by atoms with E-state index in [1.165, 1.54) is 0 Å². The highest BCUT2D eigenvalue weighted by atomic mass is 32.2. The number of Topliss-reactive ketones (excluding diaryl/α,β-unsaturated/α-hetero) is 1. The first-order chi connectivity index (χ1) is 7.66. The lowest BCUT2D eigenvalue weighted by molar-refractivity contribution is 0.101. The number of hydrogen-bond donors (Lipinski definition) is 0. The molecule has 1 aliphatic heterocycles. The zero-order valence-corrected chi connectivity index (χ0v) is 10.3. The Morgan fingerprint density at radius 1 is 1.62 bits per heavy atom. The predicted octanol–water partition coefficient (Wildman–Crippen LogP) is 2.55. The van der Waals surface area contributed by atoms with E-state index in [1.54, 1.807) is 30.9 Å². The molecule has 1 saturated heterocycles. The molecule has 2 atom stereocenters. The van der Waals surface area contributed by atoms with E-state index >= 15 is 0 Å². The first-order valence-corrected chi connectivity index (χ1v) is 6.30. The number of aromatic nitrogens is 1. The van der Waals surface area contributed by atoms with Crippen LogP contribution in [0, 0.1) is 0 Å². The van der Waals surface area contributed by atoms with Gasteiger partial charge in [-0.05, 0) is 32.4 Å². The molecule has 2 heterocycles. The molecular formula is C12H15NO2S. The molecule has 1 fully saturated rings. The summed E-state index contributed by atoms with van der Waals surface area (Å²) in [4.78, 5) is 15.5. The van der Waals surface area contributed by atoms with Crippen LogP contribution < -0.4 is 0 Å². The molecule has 0 amide bonds. The molecule has 2 unspecified atom stereocenters. The highest BCUT2D eigenvalue weighted by molar-refractivity contribution is 7.99. The second kappa shape index (κ2) is 4.97. The van der Waals surface area contributed by atoms with Crippen LogP contribution in [0.5, 0.6) is 0 Å². The molecule has 0 aliphatic carbocycles. The van der Waals surface area contributed by atoms with E-state index in [2.05, 4.69) is 11.9 Å². The summed E-state index contributed by atoms with van der Waals surface area (Å²) in [5.74, 6) is 0.0833. The number of ketones is 1. The molecule has 2 rings (SSSR count). The average Bonchev–Trinajstić information content (AvgIpc) is 2.65. The van der Waals surface area contributed by atoms with Crippen LogP contribution in [-0.4, -0.2) is 28.7 Å². The van der Waals surface area contributed by atoms with Gasteiger partial charge < -0.3 is 4.74 Å². The van der Waals surface area contributed by atoms with Crippen LogP contribution in [0.1, 0.15) is 30.6 Å². The lowest BCUT2D eigenvalue weighted by Gasteiger charge is -2.12. The molecule has 0 aromatic carbocycles. The van der Waals surface area contributed by atoms with Gasteiger partial charge in [-0.25, -0.2) is 4.98 Å². The summed E-state index contributed by atoms with van der Waals surface area (Å²) >= 11 is 1.70. The standard InChI is InChI=1S/C12H15NO2S/c1-8(14)10-3-5-13-12(7-10)16-11-4-6-15-9(11)2/h3,5,7,9,11H,4,6H2,1-2H3. The first-order valence-electron chi connectivity index (χ1n) is 5.42. The largest absolute Gasteiger partial charge is 0.377 e. The maximum Gasteiger partial charge on any atom is 0.159 e. The minimum absolute atomic E-state index is 0.0833. The van der Waals surface area contributed by atoms with Crippen molar-refractivity contribution in [2.75, 3.05) is 6.61 Å². The van der Waals surface area contributed by atoms with Crippen molar-refractivity contribution in [3.8, 4) is 0 Å². The van der Waals surface area contributed by atoms with Gasteiger partial charge in [0.25, 0.3) is 0 Å². The normalized spacial score (nSPS) is 24.6. The van der Waals surface area contributed by atoms with E-state index < -0.39 is 0 Å². The minimum atomic E-state index is 0.0833. The summed E-state index contributed by atoms with van der Waals surface area (Å²) in [6.45, 7) is 4.48. The fourth-order valence-electron chi connectivity index (χ4n) is 1.71. The number of thioether (sulfide) groups is 1. The third kappa shape index (κ3) is 2.62. The van der Waals surface area contributed by atoms with Crippen molar-refractivity contribution in [1.82, 2.24) is 4.98 Å². The van der Waals surface area contributed by atoms with Crippen molar-refractivity contribution in [3.63, 3.8) is 0 Å². The van der Waals surface area contributed by atoms with E-state index in [1.807, 2.05) is 6.07 Å². The quantitative estimate of drug-likeness (QED) is 0.757. The van der Waals surface area contributed by atoms with E-state index in [-0.39, 0.29) is 11.9 Å². The maximum atomic E-state index is 11.2. The molecule has 0 spiro atoms. The van der Waals surface area contributed by atoms with Crippen LogP contribution in [-0.2, 0) is 4.74 Å². The third-order valence-electron chi connectivity index (χ3n) is 2.72. The van der Waals surface area contributed by atoms with Gasteiger partial charge in [-0.2, -0.15) is 0 Å². The maximum absolute atomic E-state index is 11.2. The number of nitrogens with zero attached hydrogens (tertiary/aromatic N) is 1. The molecule has 0 bridgehead atoms. The molecule has 1 aromatic heterocycles. The van der Waals surface area contributed by atoms with Crippen molar-refractivity contribution in [2.24, 2.45) is 0 Å². The predicted molar refractivity (Wildman–Crippen MR) is 63.9 cm³/mol. The molecule has 86 valence electrons.